The molecule has 250 valence electrons. The maximum Gasteiger partial charge on any atom is 0.164 e. The van der Waals surface area contributed by atoms with Crippen LogP contribution in [0.2, 0.25) is 0 Å². The number of hydrogen-bond donors (Lipinski definition) is 1. The van der Waals surface area contributed by atoms with Gasteiger partial charge in [0.05, 0.1) is 11.4 Å². The van der Waals surface area contributed by atoms with Crippen LogP contribution in [-0.2, 0) is 0 Å². The zero-order valence-corrected chi connectivity index (χ0v) is 28.8. The van der Waals surface area contributed by atoms with Crippen LogP contribution in [-0.4, -0.2) is 15.0 Å². The van der Waals surface area contributed by atoms with Crippen LogP contribution < -0.4 is 10.2 Å². The van der Waals surface area contributed by atoms with Gasteiger partial charge in [-0.15, -0.1) is 0 Å². The second kappa shape index (κ2) is 12.9. The quantitative estimate of drug-likeness (QED) is 0.177. The molecule has 1 aliphatic heterocycles. The summed E-state index contributed by atoms with van der Waals surface area (Å²) in [5.41, 5.74) is 9.84. The van der Waals surface area contributed by atoms with E-state index in [1.165, 1.54) is 32.8 Å². The highest BCUT2D eigenvalue weighted by molar-refractivity contribution is 6.22. The molecule has 0 saturated heterocycles. The van der Waals surface area contributed by atoms with E-state index in [-0.39, 0.29) is 6.17 Å². The molecule has 0 saturated carbocycles. The molecule has 0 fully saturated rings. The average Bonchev–Trinajstić information content (AvgIpc) is 3.66. The lowest BCUT2D eigenvalue weighted by Gasteiger charge is -2.28. The Kier molecular flexibility index (Phi) is 7.47. The summed E-state index contributed by atoms with van der Waals surface area (Å²) < 4.78 is 0. The monoisotopic (exact) mass is 679 g/mol. The minimum absolute atomic E-state index is 0.0463. The van der Waals surface area contributed by atoms with Crippen molar-refractivity contribution >= 4 is 38.6 Å². The Hall–Kier alpha value is -7.11. The number of nitrogens with one attached hydrogen (secondary N) is 1. The molecule has 0 aliphatic carbocycles. The molecule has 0 bridgehead atoms. The number of fused-ring (bicyclic) bond motifs is 6. The van der Waals surface area contributed by atoms with E-state index in [1.54, 1.807) is 0 Å². The van der Waals surface area contributed by atoms with E-state index in [0.29, 0.717) is 17.5 Å². The number of benzene rings is 8. The third-order valence-corrected chi connectivity index (χ3v) is 10.1. The molecular formula is C48H33N5. The molecule has 1 atom stereocenters. The molecule has 0 radical (unpaired) electrons. The molecule has 1 unspecified atom stereocenters. The van der Waals surface area contributed by atoms with E-state index in [1.807, 2.05) is 60.7 Å². The minimum atomic E-state index is -0.0463. The standard InChI is InChI=1S/C48H33N5/c1-5-15-33(16-6-1)45-50-46(34-17-7-2-8-18-34)52-47(51-45)35-27-25-32(26-28-35)37-29-30-40-42(31-37)39-23-13-14-24-41(39)44-43(40)49-48(36-19-9-3-10-20-36)53(44)38-21-11-4-12-22-38/h1-31,48-49H. The lowest BCUT2D eigenvalue weighted by Crippen LogP contribution is -2.23. The van der Waals surface area contributed by atoms with E-state index < -0.39 is 0 Å². The SMILES string of the molecule is c1ccc(-c2nc(-c3ccccc3)nc(-c3ccc(-c4ccc5c6c(c7ccccc7c5c4)N(c4ccccc4)C(c4ccccc4)N6)cc3)n2)cc1. The molecule has 2 heterocycles. The first-order valence-corrected chi connectivity index (χ1v) is 17.9. The molecule has 10 rings (SSSR count). The van der Waals surface area contributed by atoms with Gasteiger partial charge < -0.3 is 10.2 Å². The van der Waals surface area contributed by atoms with Crippen LogP contribution in [0.15, 0.2) is 188 Å². The van der Waals surface area contributed by atoms with Crippen LogP contribution in [0.1, 0.15) is 11.7 Å². The molecule has 0 amide bonds. The van der Waals surface area contributed by atoms with Crippen LogP contribution in [0.4, 0.5) is 17.1 Å². The smallest absolute Gasteiger partial charge is 0.164 e. The van der Waals surface area contributed by atoms with Gasteiger partial charge in [0.1, 0.15) is 6.17 Å². The van der Waals surface area contributed by atoms with Gasteiger partial charge in [0.15, 0.2) is 17.5 Å². The van der Waals surface area contributed by atoms with Crippen molar-refractivity contribution in [3.05, 3.63) is 194 Å². The highest BCUT2D eigenvalue weighted by atomic mass is 15.3. The van der Waals surface area contributed by atoms with Crippen molar-refractivity contribution < 1.29 is 0 Å². The van der Waals surface area contributed by atoms with Gasteiger partial charge in [-0.25, -0.2) is 15.0 Å². The van der Waals surface area contributed by atoms with E-state index in [2.05, 4.69) is 138 Å². The Balaban J connectivity index is 1.07. The molecule has 8 aromatic carbocycles. The molecule has 1 N–H and O–H groups in total. The van der Waals surface area contributed by atoms with Crippen LogP contribution >= 0.6 is 0 Å². The van der Waals surface area contributed by atoms with Gasteiger partial charge >= 0.3 is 0 Å². The van der Waals surface area contributed by atoms with Gasteiger partial charge in [-0.3, -0.25) is 0 Å². The van der Waals surface area contributed by atoms with Crippen molar-refractivity contribution in [1.29, 1.82) is 0 Å². The third-order valence-electron chi connectivity index (χ3n) is 10.1. The predicted octanol–water partition coefficient (Wildman–Crippen LogP) is 12.1. The van der Waals surface area contributed by atoms with Crippen molar-refractivity contribution in [3.63, 3.8) is 0 Å². The summed E-state index contributed by atoms with van der Waals surface area (Å²) in [5.74, 6) is 1.95. The fourth-order valence-electron chi connectivity index (χ4n) is 7.56. The first kappa shape index (κ1) is 30.7. The lowest BCUT2D eigenvalue weighted by molar-refractivity contribution is 0.830. The lowest BCUT2D eigenvalue weighted by atomic mass is 9.94. The van der Waals surface area contributed by atoms with E-state index in [4.69, 9.17) is 15.0 Å². The van der Waals surface area contributed by atoms with E-state index in [0.717, 1.165) is 39.2 Å². The molecule has 1 aromatic heterocycles. The third kappa shape index (κ3) is 5.47. The first-order valence-electron chi connectivity index (χ1n) is 17.9. The normalized spacial score (nSPS) is 13.6. The number of rotatable bonds is 6. The Labute approximate surface area is 307 Å². The largest absolute Gasteiger partial charge is 0.359 e. The van der Waals surface area contributed by atoms with Crippen LogP contribution in [0.5, 0.6) is 0 Å². The topological polar surface area (TPSA) is 53.9 Å². The zero-order chi connectivity index (χ0) is 35.1. The number of nitrogens with zero attached hydrogens (tertiary/aromatic N) is 4. The summed E-state index contributed by atoms with van der Waals surface area (Å²) >= 11 is 0. The Morgan fingerprint density at radius 1 is 0.377 bits per heavy atom. The molecule has 53 heavy (non-hydrogen) atoms. The summed E-state index contributed by atoms with van der Waals surface area (Å²) in [6.45, 7) is 0. The second-order valence-corrected chi connectivity index (χ2v) is 13.3. The summed E-state index contributed by atoms with van der Waals surface area (Å²) in [7, 11) is 0. The summed E-state index contributed by atoms with van der Waals surface area (Å²) in [4.78, 5) is 17.2. The minimum Gasteiger partial charge on any atom is -0.359 e. The molecule has 0 spiro atoms. The van der Waals surface area contributed by atoms with Crippen molar-refractivity contribution in [2.24, 2.45) is 0 Å². The second-order valence-electron chi connectivity index (χ2n) is 13.3. The summed E-state index contributed by atoms with van der Waals surface area (Å²) in [6, 6.07) is 65.8. The van der Waals surface area contributed by atoms with Crippen molar-refractivity contribution in [1.82, 2.24) is 15.0 Å². The van der Waals surface area contributed by atoms with Gasteiger partial charge in [-0.1, -0.05) is 170 Å². The maximum atomic E-state index is 4.93. The Morgan fingerprint density at radius 2 is 0.849 bits per heavy atom. The van der Waals surface area contributed by atoms with Crippen molar-refractivity contribution in [2.75, 3.05) is 10.2 Å². The molecule has 1 aliphatic rings. The number of para-hydroxylation sites is 1. The van der Waals surface area contributed by atoms with Gasteiger partial charge in [-0.05, 0) is 45.7 Å². The highest BCUT2D eigenvalue weighted by Crippen LogP contribution is 2.53. The molecule has 9 aromatic rings. The predicted molar refractivity (Wildman–Crippen MR) is 218 cm³/mol. The zero-order valence-electron chi connectivity index (χ0n) is 28.8. The number of hydrogen-bond acceptors (Lipinski definition) is 5. The number of anilines is 3. The fourth-order valence-corrected chi connectivity index (χ4v) is 7.56. The van der Waals surface area contributed by atoms with Gasteiger partial charge in [0.25, 0.3) is 0 Å². The van der Waals surface area contributed by atoms with Crippen LogP contribution in [0.3, 0.4) is 0 Å². The first-order chi connectivity index (χ1) is 26.3. The number of aromatic nitrogens is 3. The molecule has 5 heteroatoms. The average molecular weight is 680 g/mol. The maximum absolute atomic E-state index is 4.93. The molecular weight excluding hydrogens is 647 g/mol. The van der Waals surface area contributed by atoms with Crippen molar-refractivity contribution in [3.8, 4) is 45.3 Å². The molecule has 5 nitrogen and oxygen atoms in total. The highest BCUT2D eigenvalue weighted by Gasteiger charge is 2.34. The summed E-state index contributed by atoms with van der Waals surface area (Å²) in [6.07, 6.45) is -0.0463. The van der Waals surface area contributed by atoms with E-state index >= 15 is 0 Å². The Bertz CT molecular complexity index is 2680. The van der Waals surface area contributed by atoms with Crippen LogP contribution in [0.25, 0.3) is 66.8 Å². The summed E-state index contributed by atoms with van der Waals surface area (Å²) in [5, 5.41) is 8.82. The van der Waals surface area contributed by atoms with Gasteiger partial charge in [0.2, 0.25) is 0 Å². The van der Waals surface area contributed by atoms with Crippen molar-refractivity contribution in [2.45, 2.75) is 6.17 Å². The van der Waals surface area contributed by atoms with Gasteiger partial charge in [0, 0.05) is 33.2 Å². The van der Waals surface area contributed by atoms with Gasteiger partial charge in [-0.2, -0.15) is 0 Å². The fraction of sp³-hybridized carbons (Fsp3) is 0.0208. The Morgan fingerprint density at radius 3 is 1.45 bits per heavy atom. The van der Waals surface area contributed by atoms with E-state index in [9.17, 15) is 0 Å². The van der Waals surface area contributed by atoms with Crippen LogP contribution in [0, 0.1) is 0 Å².